The Hall–Kier alpha value is -1.86. The van der Waals surface area contributed by atoms with Crippen LogP contribution in [0.1, 0.15) is 28.2 Å². The molecule has 1 N–H and O–H groups in total. The maximum atomic E-state index is 13.0. The third-order valence-electron chi connectivity index (χ3n) is 5.05. The number of carbonyl (C=O) groups is 1. The van der Waals surface area contributed by atoms with Gasteiger partial charge < -0.3 is 10.2 Å². The van der Waals surface area contributed by atoms with Gasteiger partial charge in [-0.3, -0.25) is 4.79 Å². The number of nitrogens with one attached hydrogen (secondary N) is 1. The number of fused-ring (bicyclic) bond motifs is 1. The average molecular weight is 343 g/mol. The van der Waals surface area contributed by atoms with E-state index in [9.17, 15) is 4.79 Å². The fourth-order valence-electron chi connectivity index (χ4n) is 3.66. The Morgan fingerprint density at radius 3 is 2.54 bits per heavy atom. The van der Waals surface area contributed by atoms with E-state index in [2.05, 4.69) is 20.3 Å². The van der Waals surface area contributed by atoms with Gasteiger partial charge in [0.2, 0.25) is 0 Å². The number of thiazole rings is 1. The van der Waals surface area contributed by atoms with E-state index in [0.717, 1.165) is 61.4 Å². The van der Waals surface area contributed by atoms with Crippen molar-refractivity contribution in [1.82, 2.24) is 25.2 Å². The third-order valence-corrected chi connectivity index (χ3v) is 6.20. The van der Waals surface area contributed by atoms with E-state index in [4.69, 9.17) is 0 Å². The molecule has 0 saturated carbocycles. The zero-order valence-corrected chi connectivity index (χ0v) is 14.6. The Bertz CT molecular complexity index is 718. The predicted octanol–water partition coefficient (Wildman–Crippen LogP) is 1.98. The van der Waals surface area contributed by atoms with E-state index in [1.54, 1.807) is 18.5 Å². The summed E-state index contributed by atoms with van der Waals surface area (Å²) >= 11 is 1.40. The topological polar surface area (TPSA) is 71.0 Å². The summed E-state index contributed by atoms with van der Waals surface area (Å²) in [4.78, 5) is 28.7. The van der Waals surface area contributed by atoms with Crippen molar-refractivity contribution in [1.29, 1.82) is 0 Å². The summed E-state index contributed by atoms with van der Waals surface area (Å²) in [7, 11) is 0. The van der Waals surface area contributed by atoms with Crippen LogP contribution in [-0.4, -0.2) is 51.9 Å². The first-order chi connectivity index (χ1) is 11.7. The highest BCUT2D eigenvalue weighted by atomic mass is 32.1. The maximum absolute atomic E-state index is 13.0. The molecule has 2 aliphatic heterocycles. The Balaban J connectivity index is 1.53. The Labute approximate surface area is 145 Å². The highest BCUT2D eigenvalue weighted by molar-refractivity contribution is 7.17. The van der Waals surface area contributed by atoms with E-state index in [1.807, 2.05) is 11.8 Å². The van der Waals surface area contributed by atoms with Crippen LogP contribution in [0.2, 0.25) is 0 Å². The number of rotatable bonds is 2. The van der Waals surface area contributed by atoms with Crippen molar-refractivity contribution in [3.05, 3.63) is 29.0 Å². The smallest absolute Gasteiger partial charge is 0.265 e. The first-order valence-electron chi connectivity index (χ1n) is 8.47. The molecule has 4 heterocycles. The molecule has 0 aliphatic carbocycles. The minimum absolute atomic E-state index is 0.111. The SMILES string of the molecule is Cc1nc(-c2ncccn2)sc1C(=O)N1CC[C@@H]2CNC[C@@H]2CC1. The Kier molecular flexibility index (Phi) is 4.28. The predicted molar refractivity (Wildman–Crippen MR) is 92.9 cm³/mol. The maximum Gasteiger partial charge on any atom is 0.265 e. The van der Waals surface area contributed by atoms with Gasteiger partial charge in [-0.1, -0.05) is 0 Å². The summed E-state index contributed by atoms with van der Waals surface area (Å²) < 4.78 is 0. The van der Waals surface area contributed by atoms with Gasteiger partial charge >= 0.3 is 0 Å². The van der Waals surface area contributed by atoms with Crippen LogP contribution in [0.25, 0.3) is 10.8 Å². The summed E-state index contributed by atoms with van der Waals surface area (Å²) in [5, 5.41) is 4.19. The van der Waals surface area contributed by atoms with Gasteiger partial charge in [0.25, 0.3) is 5.91 Å². The monoisotopic (exact) mass is 343 g/mol. The number of carbonyl (C=O) groups excluding carboxylic acids is 1. The largest absolute Gasteiger partial charge is 0.338 e. The molecule has 24 heavy (non-hydrogen) atoms. The first-order valence-corrected chi connectivity index (χ1v) is 9.29. The number of hydrogen-bond donors (Lipinski definition) is 1. The van der Waals surface area contributed by atoms with Crippen molar-refractivity contribution in [2.45, 2.75) is 19.8 Å². The van der Waals surface area contributed by atoms with Gasteiger partial charge in [0.1, 0.15) is 4.88 Å². The number of nitrogens with zero attached hydrogens (tertiary/aromatic N) is 4. The van der Waals surface area contributed by atoms with E-state index in [1.165, 1.54) is 11.3 Å². The molecule has 2 fully saturated rings. The Morgan fingerprint density at radius 1 is 1.21 bits per heavy atom. The molecule has 2 aromatic rings. The quantitative estimate of drug-likeness (QED) is 0.903. The van der Waals surface area contributed by atoms with Crippen LogP contribution in [0.15, 0.2) is 18.5 Å². The number of hydrogen-bond acceptors (Lipinski definition) is 6. The van der Waals surface area contributed by atoms with Crippen molar-refractivity contribution in [3.8, 4) is 10.8 Å². The molecule has 2 aromatic heterocycles. The molecule has 126 valence electrons. The van der Waals surface area contributed by atoms with E-state index in [-0.39, 0.29) is 5.91 Å². The molecule has 1 amide bonds. The fraction of sp³-hybridized carbons (Fsp3) is 0.529. The number of aryl methyl sites for hydroxylation is 1. The molecule has 0 spiro atoms. The van der Waals surface area contributed by atoms with Crippen molar-refractivity contribution in [3.63, 3.8) is 0 Å². The van der Waals surface area contributed by atoms with Gasteiger partial charge in [-0.15, -0.1) is 11.3 Å². The van der Waals surface area contributed by atoms with Gasteiger partial charge in [0, 0.05) is 25.5 Å². The van der Waals surface area contributed by atoms with Gasteiger partial charge in [-0.2, -0.15) is 0 Å². The number of likely N-dealkylation sites (tertiary alicyclic amines) is 1. The van der Waals surface area contributed by atoms with Crippen LogP contribution in [0.5, 0.6) is 0 Å². The third kappa shape index (κ3) is 2.93. The Morgan fingerprint density at radius 2 is 1.88 bits per heavy atom. The molecule has 6 nitrogen and oxygen atoms in total. The molecular weight excluding hydrogens is 322 g/mol. The van der Waals surface area contributed by atoms with Crippen LogP contribution >= 0.6 is 11.3 Å². The van der Waals surface area contributed by atoms with Crippen LogP contribution in [-0.2, 0) is 0 Å². The molecule has 0 bridgehead atoms. The molecule has 2 saturated heterocycles. The average Bonchev–Trinajstić information content (AvgIpc) is 3.17. The molecular formula is C17H21N5OS. The zero-order chi connectivity index (χ0) is 16.5. The second-order valence-corrected chi connectivity index (χ2v) is 7.55. The standard InChI is InChI=1S/C17H21N5OS/c1-11-14(24-16(21-11)15-19-5-2-6-20-15)17(23)22-7-3-12-9-18-10-13(12)4-8-22/h2,5-6,12-13,18H,3-4,7-10H2,1H3/t12-,13+. The molecule has 2 aliphatic rings. The zero-order valence-electron chi connectivity index (χ0n) is 13.7. The number of aromatic nitrogens is 3. The second kappa shape index (κ2) is 6.57. The highest BCUT2D eigenvalue weighted by Crippen LogP contribution is 2.30. The minimum atomic E-state index is 0.111. The summed E-state index contributed by atoms with van der Waals surface area (Å²) in [6, 6.07) is 1.78. The van der Waals surface area contributed by atoms with Crippen molar-refractivity contribution >= 4 is 17.2 Å². The summed E-state index contributed by atoms with van der Waals surface area (Å²) in [6.07, 6.45) is 5.58. The molecule has 0 radical (unpaired) electrons. The van der Waals surface area contributed by atoms with Crippen LogP contribution < -0.4 is 5.32 Å². The van der Waals surface area contributed by atoms with E-state index < -0.39 is 0 Å². The summed E-state index contributed by atoms with van der Waals surface area (Å²) in [6.45, 7) is 5.78. The van der Waals surface area contributed by atoms with Crippen LogP contribution in [0.3, 0.4) is 0 Å². The van der Waals surface area contributed by atoms with E-state index in [0.29, 0.717) is 10.8 Å². The fourth-order valence-corrected chi connectivity index (χ4v) is 4.65. The lowest BCUT2D eigenvalue weighted by Gasteiger charge is -2.20. The molecule has 0 aromatic carbocycles. The minimum Gasteiger partial charge on any atom is -0.338 e. The molecule has 7 heteroatoms. The van der Waals surface area contributed by atoms with Gasteiger partial charge in [0.15, 0.2) is 10.8 Å². The molecule has 0 unspecified atom stereocenters. The lowest BCUT2D eigenvalue weighted by molar-refractivity contribution is 0.0762. The van der Waals surface area contributed by atoms with Crippen LogP contribution in [0, 0.1) is 18.8 Å². The summed E-state index contributed by atoms with van der Waals surface area (Å²) in [5.41, 5.74) is 0.776. The normalized spacial score (nSPS) is 23.8. The van der Waals surface area contributed by atoms with Crippen LogP contribution in [0.4, 0.5) is 0 Å². The molecule has 4 rings (SSSR count). The van der Waals surface area contributed by atoms with Crippen molar-refractivity contribution in [2.24, 2.45) is 11.8 Å². The molecule has 2 atom stereocenters. The van der Waals surface area contributed by atoms with Gasteiger partial charge in [-0.05, 0) is 50.8 Å². The second-order valence-electron chi connectivity index (χ2n) is 6.55. The van der Waals surface area contributed by atoms with Gasteiger partial charge in [-0.25, -0.2) is 15.0 Å². The lowest BCUT2D eigenvalue weighted by Crippen LogP contribution is -2.32. The van der Waals surface area contributed by atoms with Gasteiger partial charge in [0.05, 0.1) is 5.69 Å². The highest BCUT2D eigenvalue weighted by Gasteiger charge is 2.32. The van der Waals surface area contributed by atoms with E-state index >= 15 is 0 Å². The summed E-state index contributed by atoms with van der Waals surface area (Å²) in [5.74, 6) is 2.14. The lowest BCUT2D eigenvalue weighted by atomic mass is 9.92. The number of amides is 1. The van der Waals surface area contributed by atoms with Crippen molar-refractivity contribution < 1.29 is 4.79 Å². The first kappa shape index (κ1) is 15.7. The van der Waals surface area contributed by atoms with Crippen molar-refractivity contribution in [2.75, 3.05) is 26.2 Å².